The van der Waals surface area contributed by atoms with Gasteiger partial charge in [-0.3, -0.25) is 9.78 Å². The van der Waals surface area contributed by atoms with E-state index in [1.165, 1.54) is 16.0 Å². The first-order chi connectivity index (χ1) is 16.7. The molecule has 168 valence electrons. The molecule has 3 aromatic heterocycles. The SMILES string of the molecule is O=C(c1ccccc1Oc1ccccc1)n1nc(-c2ccccn2)cc1NCc1ccc(Cl)s1. The zero-order valence-electron chi connectivity index (χ0n) is 17.9. The summed E-state index contributed by atoms with van der Waals surface area (Å²) in [6.07, 6.45) is 1.69. The van der Waals surface area contributed by atoms with Crippen LogP contribution >= 0.6 is 22.9 Å². The molecule has 6 nitrogen and oxygen atoms in total. The molecule has 34 heavy (non-hydrogen) atoms. The van der Waals surface area contributed by atoms with Gasteiger partial charge >= 0.3 is 0 Å². The van der Waals surface area contributed by atoms with Crippen molar-refractivity contribution in [2.24, 2.45) is 0 Å². The molecule has 2 aromatic carbocycles. The molecule has 0 atom stereocenters. The highest BCUT2D eigenvalue weighted by Crippen LogP contribution is 2.29. The Hall–Kier alpha value is -3.94. The largest absolute Gasteiger partial charge is 0.457 e. The summed E-state index contributed by atoms with van der Waals surface area (Å²) in [5, 5.41) is 7.90. The summed E-state index contributed by atoms with van der Waals surface area (Å²) in [6.45, 7) is 0.500. The molecule has 8 heteroatoms. The number of halogens is 1. The third-order valence-corrected chi connectivity index (χ3v) is 6.22. The molecule has 0 saturated heterocycles. The van der Waals surface area contributed by atoms with Crippen LogP contribution in [0.25, 0.3) is 11.4 Å². The Morgan fingerprint density at radius 1 is 0.941 bits per heavy atom. The molecular weight excluding hydrogens is 468 g/mol. The van der Waals surface area contributed by atoms with Crippen molar-refractivity contribution in [1.29, 1.82) is 0 Å². The molecule has 0 fully saturated rings. The Morgan fingerprint density at radius 3 is 2.50 bits per heavy atom. The van der Waals surface area contributed by atoms with Crippen LogP contribution in [-0.4, -0.2) is 20.7 Å². The second kappa shape index (κ2) is 9.91. The van der Waals surface area contributed by atoms with E-state index in [1.54, 1.807) is 24.4 Å². The van der Waals surface area contributed by atoms with E-state index >= 15 is 0 Å². The predicted octanol–water partition coefficient (Wildman–Crippen LogP) is 6.75. The number of carbonyl (C=O) groups is 1. The van der Waals surface area contributed by atoms with Gasteiger partial charge in [0.1, 0.15) is 23.0 Å². The molecule has 0 aliphatic carbocycles. The first-order valence-electron chi connectivity index (χ1n) is 10.5. The summed E-state index contributed by atoms with van der Waals surface area (Å²) < 4.78 is 8.07. The number of para-hydroxylation sites is 2. The van der Waals surface area contributed by atoms with Gasteiger partial charge in [-0.05, 0) is 48.5 Å². The van der Waals surface area contributed by atoms with E-state index in [-0.39, 0.29) is 5.91 Å². The zero-order chi connectivity index (χ0) is 23.3. The number of hydrogen-bond donors (Lipinski definition) is 1. The molecule has 3 heterocycles. The van der Waals surface area contributed by atoms with Crippen molar-refractivity contribution in [1.82, 2.24) is 14.8 Å². The Morgan fingerprint density at radius 2 is 1.74 bits per heavy atom. The summed E-state index contributed by atoms with van der Waals surface area (Å²) in [7, 11) is 0. The lowest BCUT2D eigenvalue weighted by molar-refractivity contribution is 0.0945. The number of ether oxygens (including phenoxy) is 1. The number of carbonyl (C=O) groups excluding carboxylic acids is 1. The third-order valence-electron chi connectivity index (χ3n) is 4.99. The maximum absolute atomic E-state index is 13.7. The second-order valence-electron chi connectivity index (χ2n) is 7.32. The lowest BCUT2D eigenvalue weighted by Gasteiger charge is -2.12. The molecule has 0 bridgehead atoms. The van der Waals surface area contributed by atoms with E-state index in [4.69, 9.17) is 16.3 Å². The fraction of sp³-hybridized carbons (Fsp3) is 0.0385. The van der Waals surface area contributed by atoms with Crippen LogP contribution in [0.5, 0.6) is 11.5 Å². The minimum atomic E-state index is -0.319. The number of pyridine rings is 1. The van der Waals surface area contributed by atoms with Crippen molar-refractivity contribution in [3.63, 3.8) is 0 Å². The van der Waals surface area contributed by atoms with Gasteiger partial charge < -0.3 is 10.1 Å². The maximum atomic E-state index is 13.7. The average molecular weight is 487 g/mol. The number of nitrogens with one attached hydrogen (secondary N) is 1. The number of nitrogens with zero attached hydrogens (tertiary/aromatic N) is 3. The minimum absolute atomic E-state index is 0.319. The number of hydrogen-bond acceptors (Lipinski definition) is 6. The van der Waals surface area contributed by atoms with Crippen molar-refractivity contribution in [3.05, 3.63) is 112 Å². The van der Waals surface area contributed by atoms with E-state index in [9.17, 15) is 4.79 Å². The monoisotopic (exact) mass is 486 g/mol. The molecule has 0 saturated carbocycles. The van der Waals surface area contributed by atoms with Gasteiger partial charge in [-0.25, -0.2) is 0 Å². The summed E-state index contributed by atoms with van der Waals surface area (Å²) in [4.78, 5) is 19.1. The minimum Gasteiger partial charge on any atom is -0.457 e. The molecule has 0 radical (unpaired) electrons. The van der Waals surface area contributed by atoms with Crippen LogP contribution < -0.4 is 10.1 Å². The van der Waals surface area contributed by atoms with Crippen molar-refractivity contribution >= 4 is 34.7 Å². The van der Waals surface area contributed by atoms with Gasteiger partial charge in [0, 0.05) is 17.1 Å². The fourth-order valence-corrected chi connectivity index (χ4v) is 4.41. The standard InChI is InChI=1S/C26H19ClN4O2S/c27-24-14-13-19(34-24)17-29-25-16-22(21-11-6-7-15-28-21)30-31(25)26(32)20-10-4-5-12-23(20)33-18-8-2-1-3-9-18/h1-16,29H,17H2. The van der Waals surface area contributed by atoms with Crippen molar-refractivity contribution in [3.8, 4) is 22.9 Å². The van der Waals surface area contributed by atoms with Crippen LogP contribution in [0.3, 0.4) is 0 Å². The van der Waals surface area contributed by atoms with Crippen LogP contribution in [0.15, 0.2) is 97.2 Å². The molecule has 0 unspecified atom stereocenters. The predicted molar refractivity (Wildman–Crippen MR) is 135 cm³/mol. The first-order valence-corrected chi connectivity index (χ1v) is 11.7. The quantitative estimate of drug-likeness (QED) is 0.275. The second-order valence-corrected chi connectivity index (χ2v) is 9.12. The number of anilines is 1. The zero-order valence-corrected chi connectivity index (χ0v) is 19.5. The average Bonchev–Trinajstić information content (AvgIpc) is 3.50. The highest BCUT2D eigenvalue weighted by atomic mass is 35.5. The number of rotatable bonds is 7. The summed E-state index contributed by atoms with van der Waals surface area (Å²) in [5.41, 5.74) is 1.65. The number of aromatic nitrogens is 3. The van der Waals surface area contributed by atoms with Gasteiger partial charge in [0.15, 0.2) is 0 Å². The van der Waals surface area contributed by atoms with Gasteiger partial charge in [-0.15, -0.1) is 11.3 Å². The summed E-state index contributed by atoms with van der Waals surface area (Å²) in [6, 6.07) is 27.7. The van der Waals surface area contributed by atoms with Crippen molar-refractivity contribution < 1.29 is 9.53 Å². The molecule has 0 amide bonds. The Balaban J connectivity index is 1.50. The first kappa shape index (κ1) is 21.9. The number of benzene rings is 2. The van der Waals surface area contributed by atoms with Crippen LogP contribution in [-0.2, 0) is 6.54 Å². The maximum Gasteiger partial charge on any atom is 0.283 e. The molecule has 0 aliphatic rings. The highest BCUT2D eigenvalue weighted by molar-refractivity contribution is 7.16. The molecule has 0 spiro atoms. The smallest absolute Gasteiger partial charge is 0.283 e. The number of thiophene rings is 1. The van der Waals surface area contributed by atoms with Crippen LogP contribution in [0, 0.1) is 0 Å². The van der Waals surface area contributed by atoms with Crippen molar-refractivity contribution in [2.75, 3.05) is 5.32 Å². The van der Waals surface area contributed by atoms with Gasteiger partial charge in [0.25, 0.3) is 5.91 Å². The van der Waals surface area contributed by atoms with E-state index < -0.39 is 0 Å². The summed E-state index contributed by atoms with van der Waals surface area (Å²) in [5.74, 6) is 1.32. The van der Waals surface area contributed by atoms with E-state index in [0.29, 0.717) is 45.1 Å². The van der Waals surface area contributed by atoms with Crippen molar-refractivity contribution in [2.45, 2.75) is 6.54 Å². The molecule has 0 aliphatic heterocycles. The highest BCUT2D eigenvalue weighted by Gasteiger charge is 2.21. The molecule has 1 N–H and O–H groups in total. The summed E-state index contributed by atoms with van der Waals surface area (Å²) >= 11 is 7.55. The van der Waals surface area contributed by atoms with E-state index in [0.717, 1.165) is 4.88 Å². The third kappa shape index (κ3) is 4.85. The van der Waals surface area contributed by atoms with E-state index in [1.807, 2.05) is 72.8 Å². The van der Waals surface area contributed by atoms with Gasteiger partial charge in [0.2, 0.25) is 0 Å². The van der Waals surface area contributed by atoms with Gasteiger partial charge in [0.05, 0.1) is 22.1 Å². The van der Waals surface area contributed by atoms with Crippen LogP contribution in [0.2, 0.25) is 4.34 Å². The molecule has 5 aromatic rings. The molecule has 5 rings (SSSR count). The lowest BCUT2D eigenvalue weighted by Crippen LogP contribution is -2.17. The lowest BCUT2D eigenvalue weighted by atomic mass is 10.2. The Labute approximate surface area is 205 Å². The molecular formula is C26H19ClN4O2S. The van der Waals surface area contributed by atoms with E-state index in [2.05, 4.69) is 15.4 Å². The Kier molecular flexibility index (Phi) is 6.38. The van der Waals surface area contributed by atoms with Gasteiger partial charge in [-0.2, -0.15) is 9.78 Å². The topological polar surface area (TPSA) is 69.0 Å². The van der Waals surface area contributed by atoms with Gasteiger partial charge in [-0.1, -0.05) is 48.0 Å². The fourth-order valence-electron chi connectivity index (χ4n) is 3.39. The van der Waals surface area contributed by atoms with Crippen LogP contribution in [0.1, 0.15) is 15.2 Å². The normalized spacial score (nSPS) is 10.7. The van der Waals surface area contributed by atoms with Crippen LogP contribution in [0.4, 0.5) is 5.82 Å². The Bertz CT molecular complexity index is 1420.